The SMILES string of the molecule is CC[C@@H](NC(=O)OC(C)(C)C)C(=O)Oc1ccc2c3c(c(=O)oc2c1)CCCC3. The summed E-state index contributed by atoms with van der Waals surface area (Å²) < 4.78 is 16.1. The molecule has 3 rings (SSSR count). The number of hydrogen-bond donors (Lipinski definition) is 1. The molecule has 1 amide bonds. The lowest BCUT2D eigenvalue weighted by atomic mass is 9.91. The second kappa shape index (κ2) is 8.27. The standard InChI is InChI=1S/C22H27NO6/c1-5-17(23-21(26)29-22(2,3)4)20(25)27-13-10-11-15-14-8-6-7-9-16(14)19(24)28-18(15)12-13/h10-12,17H,5-9H2,1-4H3,(H,23,26)/t17-/m1/s1. The van der Waals surface area contributed by atoms with Crippen LogP contribution < -0.4 is 15.7 Å². The number of aryl methyl sites for hydroxylation is 1. The highest BCUT2D eigenvalue weighted by Crippen LogP contribution is 2.29. The van der Waals surface area contributed by atoms with Crippen molar-refractivity contribution in [3.63, 3.8) is 0 Å². The Kier molecular flexibility index (Phi) is 5.96. The lowest BCUT2D eigenvalue weighted by Crippen LogP contribution is -2.44. The van der Waals surface area contributed by atoms with E-state index in [-0.39, 0.29) is 11.4 Å². The Morgan fingerprint density at radius 3 is 2.52 bits per heavy atom. The molecular formula is C22H27NO6. The Morgan fingerprint density at radius 2 is 1.86 bits per heavy atom. The molecule has 1 atom stereocenters. The van der Waals surface area contributed by atoms with E-state index < -0.39 is 23.7 Å². The van der Waals surface area contributed by atoms with Crippen LogP contribution in [0.2, 0.25) is 0 Å². The second-order valence-corrected chi connectivity index (χ2v) is 8.24. The van der Waals surface area contributed by atoms with Crippen LogP contribution in [0.4, 0.5) is 4.79 Å². The van der Waals surface area contributed by atoms with Gasteiger partial charge >= 0.3 is 17.7 Å². The molecule has 0 saturated carbocycles. The average Bonchev–Trinajstić information content (AvgIpc) is 2.64. The summed E-state index contributed by atoms with van der Waals surface area (Å²) in [6.45, 7) is 6.99. The zero-order valence-corrected chi connectivity index (χ0v) is 17.3. The number of hydrogen-bond acceptors (Lipinski definition) is 6. The third-order valence-electron chi connectivity index (χ3n) is 4.80. The number of rotatable bonds is 4. The van der Waals surface area contributed by atoms with Crippen molar-refractivity contribution in [3.8, 4) is 5.75 Å². The number of fused-ring (bicyclic) bond motifs is 3. The van der Waals surface area contributed by atoms with Gasteiger partial charge in [-0.1, -0.05) is 6.92 Å². The molecule has 0 unspecified atom stereocenters. The zero-order valence-electron chi connectivity index (χ0n) is 17.3. The molecule has 1 aliphatic rings. The van der Waals surface area contributed by atoms with E-state index in [0.29, 0.717) is 12.0 Å². The molecule has 156 valence electrons. The van der Waals surface area contributed by atoms with Crippen LogP contribution >= 0.6 is 0 Å². The maximum absolute atomic E-state index is 12.5. The predicted molar refractivity (Wildman–Crippen MR) is 108 cm³/mol. The van der Waals surface area contributed by atoms with Gasteiger partial charge < -0.3 is 19.2 Å². The number of esters is 1. The van der Waals surface area contributed by atoms with Gasteiger partial charge in [-0.25, -0.2) is 14.4 Å². The van der Waals surface area contributed by atoms with Crippen molar-refractivity contribution in [1.82, 2.24) is 5.32 Å². The molecule has 1 heterocycles. The third-order valence-corrected chi connectivity index (χ3v) is 4.80. The highest BCUT2D eigenvalue weighted by molar-refractivity contribution is 5.86. The fourth-order valence-corrected chi connectivity index (χ4v) is 3.45. The van der Waals surface area contributed by atoms with Gasteiger partial charge in [0.15, 0.2) is 0 Å². The van der Waals surface area contributed by atoms with E-state index in [9.17, 15) is 14.4 Å². The number of nitrogens with one attached hydrogen (secondary N) is 1. The van der Waals surface area contributed by atoms with Crippen LogP contribution in [0.25, 0.3) is 11.0 Å². The van der Waals surface area contributed by atoms with E-state index in [1.807, 2.05) is 6.07 Å². The molecule has 0 radical (unpaired) electrons. The molecule has 7 nitrogen and oxygen atoms in total. The normalized spacial score (nSPS) is 14.8. The number of benzene rings is 1. The molecule has 0 bridgehead atoms. The molecule has 1 aromatic heterocycles. The maximum atomic E-state index is 12.5. The quantitative estimate of drug-likeness (QED) is 0.475. The Hall–Kier alpha value is -2.83. The summed E-state index contributed by atoms with van der Waals surface area (Å²) in [6.07, 6.45) is 3.26. The molecule has 1 aliphatic carbocycles. The Bertz CT molecular complexity index is 985. The lowest BCUT2D eigenvalue weighted by Gasteiger charge is -2.22. The smallest absolute Gasteiger partial charge is 0.408 e. The molecule has 1 aromatic carbocycles. The van der Waals surface area contributed by atoms with Gasteiger partial charge in [-0.15, -0.1) is 0 Å². The monoisotopic (exact) mass is 401 g/mol. The molecule has 0 aliphatic heterocycles. The number of amides is 1. The minimum atomic E-state index is -0.851. The Morgan fingerprint density at radius 1 is 1.17 bits per heavy atom. The van der Waals surface area contributed by atoms with Crippen LogP contribution in [-0.2, 0) is 22.4 Å². The van der Waals surface area contributed by atoms with Crippen LogP contribution in [0, 0.1) is 0 Å². The van der Waals surface area contributed by atoms with Gasteiger partial charge in [0.1, 0.15) is 23.0 Å². The summed E-state index contributed by atoms with van der Waals surface area (Å²) in [5.41, 5.74) is 1.18. The zero-order chi connectivity index (χ0) is 21.2. The lowest BCUT2D eigenvalue weighted by molar-refractivity contribution is -0.136. The van der Waals surface area contributed by atoms with Gasteiger partial charge in [-0.05, 0) is 70.6 Å². The number of carbonyl (C=O) groups excluding carboxylic acids is 2. The third kappa shape index (κ3) is 4.96. The fraction of sp³-hybridized carbons (Fsp3) is 0.500. The van der Waals surface area contributed by atoms with Crippen molar-refractivity contribution in [2.45, 2.75) is 71.4 Å². The summed E-state index contributed by atoms with van der Waals surface area (Å²) >= 11 is 0. The van der Waals surface area contributed by atoms with Crippen molar-refractivity contribution < 1.29 is 23.5 Å². The first-order chi connectivity index (χ1) is 13.7. The van der Waals surface area contributed by atoms with Crippen LogP contribution in [0.1, 0.15) is 58.1 Å². The first-order valence-corrected chi connectivity index (χ1v) is 9.97. The highest BCUT2D eigenvalue weighted by atomic mass is 16.6. The fourth-order valence-electron chi connectivity index (χ4n) is 3.45. The van der Waals surface area contributed by atoms with Crippen molar-refractivity contribution in [2.75, 3.05) is 0 Å². The minimum Gasteiger partial charge on any atom is -0.444 e. The summed E-state index contributed by atoms with van der Waals surface area (Å²) in [6, 6.07) is 4.18. The van der Waals surface area contributed by atoms with Gasteiger partial charge in [-0.2, -0.15) is 0 Å². The molecule has 0 fully saturated rings. The number of carbonyl (C=O) groups is 2. The largest absolute Gasteiger partial charge is 0.444 e. The topological polar surface area (TPSA) is 94.8 Å². The van der Waals surface area contributed by atoms with Gasteiger partial charge in [0.2, 0.25) is 0 Å². The Labute approximate surface area is 169 Å². The van der Waals surface area contributed by atoms with Gasteiger partial charge in [0.25, 0.3) is 0 Å². The van der Waals surface area contributed by atoms with E-state index in [2.05, 4.69) is 5.32 Å². The van der Waals surface area contributed by atoms with Crippen molar-refractivity contribution in [2.24, 2.45) is 0 Å². The van der Waals surface area contributed by atoms with Crippen LogP contribution in [0.5, 0.6) is 5.75 Å². The maximum Gasteiger partial charge on any atom is 0.408 e. The Balaban J connectivity index is 1.77. The molecule has 0 spiro atoms. The summed E-state index contributed by atoms with van der Waals surface area (Å²) in [5, 5.41) is 3.39. The average molecular weight is 401 g/mol. The van der Waals surface area contributed by atoms with Gasteiger partial charge in [-0.3, -0.25) is 0 Å². The van der Waals surface area contributed by atoms with E-state index in [4.69, 9.17) is 13.9 Å². The van der Waals surface area contributed by atoms with Gasteiger partial charge in [0.05, 0.1) is 0 Å². The van der Waals surface area contributed by atoms with Crippen LogP contribution in [0.3, 0.4) is 0 Å². The number of alkyl carbamates (subject to hydrolysis) is 1. The highest BCUT2D eigenvalue weighted by Gasteiger charge is 2.25. The molecule has 2 aromatic rings. The minimum absolute atomic E-state index is 0.255. The van der Waals surface area contributed by atoms with Crippen molar-refractivity contribution >= 4 is 23.0 Å². The van der Waals surface area contributed by atoms with Gasteiger partial charge in [0, 0.05) is 17.0 Å². The van der Waals surface area contributed by atoms with Crippen molar-refractivity contribution in [1.29, 1.82) is 0 Å². The van der Waals surface area contributed by atoms with Crippen LogP contribution in [-0.4, -0.2) is 23.7 Å². The van der Waals surface area contributed by atoms with E-state index in [1.165, 1.54) is 0 Å². The summed E-state index contributed by atoms with van der Waals surface area (Å²) in [5.74, 6) is -0.358. The predicted octanol–water partition coefficient (Wildman–Crippen LogP) is 3.88. The first-order valence-electron chi connectivity index (χ1n) is 9.97. The van der Waals surface area contributed by atoms with Crippen molar-refractivity contribution in [3.05, 3.63) is 39.7 Å². The van der Waals surface area contributed by atoms with E-state index in [0.717, 1.165) is 42.2 Å². The molecule has 1 N–H and O–H groups in total. The van der Waals surface area contributed by atoms with E-state index >= 15 is 0 Å². The molecular weight excluding hydrogens is 374 g/mol. The molecule has 29 heavy (non-hydrogen) atoms. The number of ether oxygens (including phenoxy) is 2. The molecule has 0 saturated heterocycles. The summed E-state index contributed by atoms with van der Waals surface area (Å²) in [7, 11) is 0. The van der Waals surface area contributed by atoms with Crippen LogP contribution in [0.15, 0.2) is 27.4 Å². The second-order valence-electron chi connectivity index (χ2n) is 8.24. The molecule has 7 heteroatoms. The summed E-state index contributed by atoms with van der Waals surface area (Å²) in [4.78, 5) is 36.7. The van der Waals surface area contributed by atoms with E-state index in [1.54, 1.807) is 39.8 Å². The first kappa shape index (κ1) is 20.9.